The number of hydrogen-bond acceptors (Lipinski definition) is 3. The van der Waals surface area contributed by atoms with Crippen molar-refractivity contribution in [2.75, 3.05) is 12.4 Å². The highest BCUT2D eigenvalue weighted by Gasteiger charge is 2.13. The van der Waals surface area contributed by atoms with Crippen LogP contribution in [0, 0.1) is 6.92 Å². The van der Waals surface area contributed by atoms with E-state index in [9.17, 15) is 4.79 Å². The maximum atomic E-state index is 12.3. The summed E-state index contributed by atoms with van der Waals surface area (Å²) in [6.45, 7) is 2.38. The van der Waals surface area contributed by atoms with Gasteiger partial charge < -0.3 is 15.8 Å². The molecule has 2 aromatic rings. The fraction of sp³-hybridized carbons (Fsp3) is 0.188. The normalized spacial score (nSPS) is 10.3. The van der Waals surface area contributed by atoms with Gasteiger partial charge in [0.1, 0.15) is 5.75 Å². The van der Waals surface area contributed by atoms with Gasteiger partial charge in [0.2, 0.25) is 0 Å². The summed E-state index contributed by atoms with van der Waals surface area (Å²) in [5.74, 6) is 0.441. The number of benzene rings is 2. The third kappa shape index (κ3) is 3.62. The first kappa shape index (κ1) is 15.5. The monoisotopic (exact) mass is 348 g/mol. The van der Waals surface area contributed by atoms with Crippen LogP contribution in [0.4, 0.5) is 5.69 Å². The largest absolute Gasteiger partial charge is 0.495 e. The minimum Gasteiger partial charge on any atom is -0.495 e. The zero-order valence-corrected chi connectivity index (χ0v) is 13.5. The SMILES string of the molecule is COc1cc(Br)cc(C)c1NC(=O)c1ccc(CN)cc1. The summed E-state index contributed by atoms with van der Waals surface area (Å²) in [5, 5.41) is 2.89. The van der Waals surface area contributed by atoms with Crippen LogP contribution in [-0.2, 0) is 6.54 Å². The van der Waals surface area contributed by atoms with Crippen molar-refractivity contribution in [3.05, 3.63) is 57.6 Å². The molecular formula is C16H17BrN2O2. The van der Waals surface area contributed by atoms with Gasteiger partial charge in [-0.15, -0.1) is 0 Å². The number of anilines is 1. The van der Waals surface area contributed by atoms with E-state index in [0.29, 0.717) is 23.5 Å². The van der Waals surface area contributed by atoms with Crippen molar-refractivity contribution in [2.24, 2.45) is 5.73 Å². The van der Waals surface area contributed by atoms with E-state index >= 15 is 0 Å². The number of ether oxygens (including phenoxy) is 1. The Kier molecular flexibility index (Phi) is 4.98. The molecule has 0 aromatic heterocycles. The molecule has 1 amide bonds. The molecule has 5 heteroatoms. The Morgan fingerprint density at radius 1 is 1.29 bits per heavy atom. The first-order chi connectivity index (χ1) is 10.0. The molecule has 2 rings (SSSR count). The highest BCUT2D eigenvalue weighted by atomic mass is 79.9. The predicted octanol–water partition coefficient (Wildman–Crippen LogP) is 3.48. The Bertz CT molecular complexity index is 654. The zero-order valence-electron chi connectivity index (χ0n) is 11.9. The number of amides is 1. The predicted molar refractivity (Wildman–Crippen MR) is 87.7 cm³/mol. The average Bonchev–Trinajstić information content (AvgIpc) is 2.49. The second kappa shape index (κ2) is 6.74. The molecular weight excluding hydrogens is 332 g/mol. The van der Waals surface area contributed by atoms with Crippen molar-refractivity contribution in [3.63, 3.8) is 0 Å². The van der Waals surface area contributed by atoms with Crippen molar-refractivity contribution in [1.82, 2.24) is 0 Å². The summed E-state index contributed by atoms with van der Waals surface area (Å²) >= 11 is 3.41. The van der Waals surface area contributed by atoms with Gasteiger partial charge in [-0.3, -0.25) is 4.79 Å². The van der Waals surface area contributed by atoms with Crippen molar-refractivity contribution in [3.8, 4) is 5.75 Å². The lowest BCUT2D eigenvalue weighted by Gasteiger charge is -2.14. The Labute approximate surface area is 132 Å². The Hall–Kier alpha value is -1.85. The standard InChI is InChI=1S/C16H17BrN2O2/c1-10-7-13(17)8-14(21-2)15(10)19-16(20)12-5-3-11(9-18)4-6-12/h3-8H,9,18H2,1-2H3,(H,19,20). The lowest BCUT2D eigenvalue weighted by molar-refractivity contribution is 0.102. The summed E-state index contributed by atoms with van der Waals surface area (Å²) in [7, 11) is 1.58. The second-order valence-electron chi connectivity index (χ2n) is 4.66. The number of methoxy groups -OCH3 is 1. The molecule has 2 aromatic carbocycles. The quantitative estimate of drug-likeness (QED) is 0.888. The summed E-state index contributed by atoms with van der Waals surface area (Å²) in [6, 6.07) is 11.0. The van der Waals surface area contributed by atoms with E-state index in [2.05, 4.69) is 21.2 Å². The minimum absolute atomic E-state index is 0.178. The molecule has 0 aliphatic rings. The molecule has 0 atom stereocenters. The number of halogens is 1. The van der Waals surface area contributed by atoms with Crippen LogP contribution >= 0.6 is 15.9 Å². The first-order valence-electron chi connectivity index (χ1n) is 6.49. The van der Waals surface area contributed by atoms with E-state index in [0.717, 1.165) is 15.6 Å². The molecule has 0 unspecified atom stereocenters. The lowest BCUT2D eigenvalue weighted by Crippen LogP contribution is -2.14. The van der Waals surface area contributed by atoms with E-state index in [1.54, 1.807) is 19.2 Å². The van der Waals surface area contributed by atoms with Gasteiger partial charge in [0.25, 0.3) is 5.91 Å². The number of carbonyl (C=O) groups excluding carboxylic acids is 1. The molecule has 0 fully saturated rings. The molecule has 0 saturated heterocycles. The summed E-state index contributed by atoms with van der Waals surface area (Å²) in [5.41, 5.74) is 8.72. The fourth-order valence-electron chi connectivity index (χ4n) is 2.01. The van der Waals surface area contributed by atoms with Crippen LogP contribution < -0.4 is 15.8 Å². The Balaban J connectivity index is 2.26. The van der Waals surface area contributed by atoms with Gasteiger partial charge in [0.15, 0.2) is 0 Å². The van der Waals surface area contributed by atoms with Gasteiger partial charge in [-0.1, -0.05) is 28.1 Å². The van der Waals surface area contributed by atoms with Crippen LogP contribution in [-0.4, -0.2) is 13.0 Å². The second-order valence-corrected chi connectivity index (χ2v) is 5.57. The number of rotatable bonds is 4. The van der Waals surface area contributed by atoms with Crippen molar-refractivity contribution in [2.45, 2.75) is 13.5 Å². The zero-order chi connectivity index (χ0) is 15.4. The maximum Gasteiger partial charge on any atom is 0.255 e. The van der Waals surface area contributed by atoms with Gasteiger partial charge in [0.05, 0.1) is 12.8 Å². The molecule has 0 bridgehead atoms. The summed E-state index contributed by atoms with van der Waals surface area (Å²) in [4.78, 5) is 12.3. The number of hydrogen-bond donors (Lipinski definition) is 2. The Morgan fingerprint density at radius 2 is 1.95 bits per heavy atom. The van der Waals surface area contributed by atoms with E-state index < -0.39 is 0 Å². The third-order valence-electron chi connectivity index (χ3n) is 3.17. The van der Waals surface area contributed by atoms with E-state index in [1.165, 1.54) is 0 Å². The van der Waals surface area contributed by atoms with Gasteiger partial charge in [0, 0.05) is 16.6 Å². The number of carbonyl (C=O) groups is 1. The first-order valence-corrected chi connectivity index (χ1v) is 7.29. The average molecular weight is 349 g/mol. The summed E-state index contributed by atoms with van der Waals surface area (Å²) in [6.07, 6.45) is 0. The molecule has 0 heterocycles. The highest BCUT2D eigenvalue weighted by molar-refractivity contribution is 9.10. The molecule has 0 saturated carbocycles. The molecule has 4 nitrogen and oxygen atoms in total. The fourth-order valence-corrected chi connectivity index (χ4v) is 2.56. The lowest BCUT2D eigenvalue weighted by atomic mass is 10.1. The van der Waals surface area contributed by atoms with Gasteiger partial charge >= 0.3 is 0 Å². The number of nitrogens with one attached hydrogen (secondary N) is 1. The maximum absolute atomic E-state index is 12.3. The van der Waals surface area contributed by atoms with Gasteiger partial charge in [-0.2, -0.15) is 0 Å². The van der Waals surface area contributed by atoms with Crippen LogP contribution in [0.3, 0.4) is 0 Å². The molecule has 0 radical (unpaired) electrons. The van der Waals surface area contributed by atoms with Crippen molar-refractivity contribution < 1.29 is 9.53 Å². The van der Waals surface area contributed by atoms with Crippen LogP contribution in [0.15, 0.2) is 40.9 Å². The van der Waals surface area contributed by atoms with Crippen LogP contribution in [0.25, 0.3) is 0 Å². The number of nitrogens with two attached hydrogens (primary N) is 1. The van der Waals surface area contributed by atoms with Crippen molar-refractivity contribution >= 4 is 27.5 Å². The smallest absolute Gasteiger partial charge is 0.255 e. The van der Waals surface area contributed by atoms with Gasteiger partial charge in [-0.05, 0) is 42.3 Å². The Morgan fingerprint density at radius 3 is 2.52 bits per heavy atom. The minimum atomic E-state index is -0.178. The van der Waals surface area contributed by atoms with E-state index in [4.69, 9.17) is 10.5 Å². The number of aryl methyl sites for hydroxylation is 1. The van der Waals surface area contributed by atoms with Gasteiger partial charge in [-0.25, -0.2) is 0 Å². The van der Waals surface area contributed by atoms with Crippen molar-refractivity contribution in [1.29, 1.82) is 0 Å². The molecule has 3 N–H and O–H groups in total. The highest BCUT2D eigenvalue weighted by Crippen LogP contribution is 2.32. The summed E-state index contributed by atoms with van der Waals surface area (Å²) < 4.78 is 6.22. The third-order valence-corrected chi connectivity index (χ3v) is 3.63. The molecule has 0 aliphatic heterocycles. The molecule has 0 spiro atoms. The molecule has 110 valence electrons. The van der Waals surface area contributed by atoms with Crippen LogP contribution in [0.2, 0.25) is 0 Å². The van der Waals surface area contributed by atoms with E-state index in [-0.39, 0.29) is 5.91 Å². The van der Waals surface area contributed by atoms with Crippen LogP contribution in [0.1, 0.15) is 21.5 Å². The molecule has 0 aliphatic carbocycles. The molecule has 21 heavy (non-hydrogen) atoms. The topological polar surface area (TPSA) is 64.3 Å². The van der Waals surface area contributed by atoms with Crippen LogP contribution in [0.5, 0.6) is 5.75 Å². The van der Waals surface area contributed by atoms with E-state index in [1.807, 2.05) is 31.2 Å².